The van der Waals surface area contributed by atoms with Crippen molar-refractivity contribution >= 4 is 5.91 Å². The van der Waals surface area contributed by atoms with Gasteiger partial charge in [0.2, 0.25) is 5.91 Å². The highest BCUT2D eigenvalue weighted by atomic mass is 16.2. The molecular weight excluding hydrogens is 314 g/mol. The number of carbonyl (C=O) groups excluding carboxylic acids is 1. The van der Waals surface area contributed by atoms with Crippen molar-refractivity contribution in [1.82, 2.24) is 24.9 Å². The van der Waals surface area contributed by atoms with Gasteiger partial charge in [-0.05, 0) is 39.2 Å². The Morgan fingerprint density at radius 2 is 2.20 bits per heavy atom. The number of rotatable bonds is 5. The molecule has 2 atom stereocenters. The van der Waals surface area contributed by atoms with E-state index in [0.717, 1.165) is 71.5 Å². The van der Waals surface area contributed by atoms with Gasteiger partial charge >= 0.3 is 0 Å². The molecule has 0 bridgehead atoms. The first-order chi connectivity index (χ1) is 12.2. The third kappa shape index (κ3) is 5.05. The van der Waals surface area contributed by atoms with Crippen LogP contribution in [0, 0.1) is 5.92 Å². The van der Waals surface area contributed by atoms with Gasteiger partial charge in [-0.25, -0.2) is 0 Å². The molecule has 6 nitrogen and oxygen atoms in total. The van der Waals surface area contributed by atoms with Crippen LogP contribution in [0.4, 0.5) is 0 Å². The quantitative estimate of drug-likeness (QED) is 0.881. The van der Waals surface area contributed by atoms with E-state index < -0.39 is 0 Å². The van der Waals surface area contributed by atoms with Crippen molar-refractivity contribution in [2.24, 2.45) is 5.92 Å². The first-order valence-electron chi connectivity index (χ1n) is 9.91. The molecule has 2 aliphatic rings. The first-order valence-corrected chi connectivity index (χ1v) is 9.91. The van der Waals surface area contributed by atoms with Crippen molar-refractivity contribution in [3.63, 3.8) is 0 Å². The van der Waals surface area contributed by atoms with Crippen molar-refractivity contribution in [2.45, 2.75) is 58.7 Å². The predicted molar refractivity (Wildman–Crippen MR) is 99.2 cm³/mol. The molecule has 2 fully saturated rings. The molecule has 0 aromatic carbocycles. The van der Waals surface area contributed by atoms with Gasteiger partial charge in [0, 0.05) is 63.0 Å². The van der Waals surface area contributed by atoms with Gasteiger partial charge in [-0.2, -0.15) is 5.10 Å². The van der Waals surface area contributed by atoms with Crippen LogP contribution in [0.25, 0.3) is 0 Å². The normalized spacial score (nSPS) is 25.8. The number of nitrogens with zero attached hydrogens (tertiary/aromatic N) is 4. The zero-order valence-corrected chi connectivity index (χ0v) is 15.8. The van der Waals surface area contributed by atoms with Gasteiger partial charge in [0.15, 0.2) is 0 Å². The molecule has 1 aromatic rings. The van der Waals surface area contributed by atoms with Crippen molar-refractivity contribution in [3.05, 3.63) is 18.0 Å². The Labute approximate surface area is 151 Å². The first kappa shape index (κ1) is 18.4. The smallest absolute Gasteiger partial charge is 0.225 e. The van der Waals surface area contributed by atoms with Gasteiger partial charge in [0.25, 0.3) is 0 Å². The number of aryl methyl sites for hydroxylation is 1. The fourth-order valence-corrected chi connectivity index (χ4v) is 4.06. The predicted octanol–water partition coefficient (Wildman–Crippen LogP) is 1.72. The Morgan fingerprint density at radius 3 is 3.00 bits per heavy atom. The second kappa shape index (κ2) is 8.81. The molecule has 0 radical (unpaired) electrons. The summed E-state index contributed by atoms with van der Waals surface area (Å²) in [5.74, 6) is 0.598. The standard InChI is InChI=1S/C19H33N5O/c1-3-7-24-15-17(13-21-24)14-22-8-4-9-23(11-10-22)19(25)18-5-6-20-16(2)12-18/h13,15-16,18,20H,3-12,14H2,1-2H3/t16-,18-/m0/s1. The third-order valence-electron chi connectivity index (χ3n) is 5.42. The zero-order chi connectivity index (χ0) is 17.6. The van der Waals surface area contributed by atoms with E-state index in [-0.39, 0.29) is 5.92 Å². The maximum Gasteiger partial charge on any atom is 0.225 e. The molecule has 0 aliphatic carbocycles. The van der Waals surface area contributed by atoms with Gasteiger partial charge in [-0.15, -0.1) is 0 Å². The summed E-state index contributed by atoms with van der Waals surface area (Å²) in [6.45, 7) is 11.0. The number of hydrogen-bond acceptors (Lipinski definition) is 4. The molecule has 2 saturated heterocycles. The molecule has 1 aromatic heterocycles. The Hall–Kier alpha value is -1.40. The van der Waals surface area contributed by atoms with Crippen LogP contribution in [-0.4, -0.2) is 64.3 Å². The minimum Gasteiger partial charge on any atom is -0.341 e. The molecule has 0 saturated carbocycles. The lowest BCUT2D eigenvalue weighted by Gasteiger charge is -2.31. The topological polar surface area (TPSA) is 53.4 Å². The summed E-state index contributed by atoms with van der Waals surface area (Å²) < 4.78 is 2.03. The Balaban J connectivity index is 1.50. The van der Waals surface area contributed by atoms with Crippen LogP contribution in [0.1, 0.15) is 45.1 Å². The van der Waals surface area contributed by atoms with Crippen molar-refractivity contribution < 1.29 is 4.79 Å². The van der Waals surface area contributed by atoms with E-state index in [1.54, 1.807) is 0 Å². The second-order valence-corrected chi connectivity index (χ2v) is 7.64. The molecule has 25 heavy (non-hydrogen) atoms. The summed E-state index contributed by atoms with van der Waals surface area (Å²) in [5.41, 5.74) is 1.28. The summed E-state index contributed by atoms with van der Waals surface area (Å²) in [7, 11) is 0. The zero-order valence-electron chi connectivity index (χ0n) is 15.8. The van der Waals surface area contributed by atoms with Crippen LogP contribution in [-0.2, 0) is 17.9 Å². The summed E-state index contributed by atoms with van der Waals surface area (Å²) in [5, 5.41) is 7.87. The van der Waals surface area contributed by atoms with Crippen LogP contribution in [0.5, 0.6) is 0 Å². The molecule has 0 unspecified atom stereocenters. The van der Waals surface area contributed by atoms with Crippen LogP contribution < -0.4 is 5.32 Å². The Kier molecular flexibility index (Phi) is 6.48. The molecule has 140 valence electrons. The molecule has 6 heteroatoms. The Morgan fingerprint density at radius 1 is 1.32 bits per heavy atom. The van der Waals surface area contributed by atoms with E-state index in [2.05, 4.69) is 40.3 Å². The highest BCUT2D eigenvalue weighted by Crippen LogP contribution is 2.20. The third-order valence-corrected chi connectivity index (χ3v) is 5.42. The van der Waals surface area contributed by atoms with Crippen molar-refractivity contribution in [2.75, 3.05) is 32.7 Å². The van der Waals surface area contributed by atoms with Crippen LogP contribution in [0.3, 0.4) is 0 Å². The molecule has 2 aliphatic heterocycles. The largest absolute Gasteiger partial charge is 0.341 e. The molecule has 1 N–H and O–H groups in total. The maximum atomic E-state index is 12.9. The number of hydrogen-bond donors (Lipinski definition) is 1. The number of amides is 1. The van der Waals surface area contributed by atoms with E-state index in [1.807, 2.05) is 10.9 Å². The van der Waals surface area contributed by atoms with E-state index in [1.165, 1.54) is 5.56 Å². The molecule has 1 amide bonds. The molecule has 0 spiro atoms. The molecular formula is C19H33N5O. The lowest BCUT2D eigenvalue weighted by atomic mass is 9.92. The molecule has 3 rings (SSSR count). The van der Waals surface area contributed by atoms with Crippen LogP contribution in [0.15, 0.2) is 12.4 Å². The number of carbonyl (C=O) groups is 1. The lowest BCUT2D eigenvalue weighted by molar-refractivity contribution is -0.136. The van der Waals surface area contributed by atoms with Gasteiger partial charge < -0.3 is 10.2 Å². The number of piperidine rings is 1. The van der Waals surface area contributed by atoms with Crippen molar-refractivity contribution in [3.8, 4) is 0 Å². The van der Waals surface area contributed by atoms with Gasteiger partial charge in [-0.3, -0.25) is 14.4 Å². The fourth-order valence-electron chi connectivity index (χ4n) is 4.06. The van der Waals surface area contributed by atoms with E-state index in [0.29, 0.717) is 11.9 Å². The molecule has 3 heterocycles. The fraction of sp³-hybridized carbons (Fsp3) is 0.789. The average Bonchev–Trinajstić information content (AvgIpc) is 2.90. The number of nitrogens with one attached hydrogen (secondary N) is 1. The lowest BCUT2D eigenvalue weighted by Crippen LogP contribution is -2.45. The van der Waals surface area contributed by atoms with Gasteiger partial charge in [-0.1, -0.05) is 6.92 Å². The highest BCUT2D eigenvalue weighted by Gasteiger charge is 2.29. The van der Waals surface area contributed by atoms with Gasteiger partial charge in [0.1, 0.15) is 0 Å². The van der Waals surface area contributed by atoms with Crippen LogP contribution >= 0.6 is 0 Å². The minimum absolute atomic E-state index is 0.218. The van der Waals surface area contributed by atoms with E-state index in [4.69, 9.17) is 0 Å². The summed E-state index contributed by atoms with van der Waals surface area (Å²) >= 11 is 0. The van der Waals surface area contributed by atoms with Crippen molar-refractivity contribution in [1.29, 1.82) is 0 Å². The monoisotopic (exact) mass is 347 g/mol. The highest BCUT2D eigenvalue weighted by molar-refractivity contribution is 5.79. The average molecular weight is 348 g/mol. The summed E-state index contributed by atoms with van der Waals surface area (Å²) in [6, 6.07) is 0.464. The SMILES string of the molecule is CCCn1cc(CN2CCCN(C(=O)[C@H]3CCN[C@@H](C)C3)CC2)cn1. The summed E-state index contributed by atoms with van der Waals surface area (Å²) in [4.78, 5) is 17.4. The second-order valence-electron chi connectivity index (χ2n) is 7.64. The summed E-state index contributed by atoms with van der Waals surface area (Å²) in [6.07, 6.45) is 8.29. The minimum atomic E-state index is 0.218. The van der Waals surface area contributed by atoms with Crippen LogP contribution in [0.2, 0.25) is 0 Å². The van der Waals surface area contributed by atoms with E-state index >= 15 is 0 Å². The number of aromatic nitrogens is 2. The maximum absolute atomic E-state index is 12.9. The van der Waals surface area contributed by atoms with E-state index in [9.17, 15) is 4.79 Å². The van der Waals surface area contributed by atoms with Gasteiger partial charge in [0.05, 0.1) is 6.20 Å². The Bertz CT molecular complexity index is 558.